The van der Waals surface area contributed by atoms with E-state index in [0.717, 1.165) is 17.5 Å². The van der Waals surface area contributed by atoms with Crippen LogP contribution in [0.25, 0.3) is 0 Å². The Balaban J connectivity index is 1.74. The summed E-state index contributed by atoms with van der Waals surface area (Å²) in [5.74, 6) is 0. The van der Waals surface area contributed by atoms with Gasteiger partial charge in [-0.05, 0) is 36.6 Å². The van der Waals surface area contributed by atoms with Crippen molar-refractivity contribution in [3.8, 4) is 0 Å². The van der Waals surface area contributed by atoms with Crippen molar-refractivity contribution in [3.05, 3.63) is 65.2 Å². The average Bonchev–Trinajstić information content (AvgIpc) is 2.53. The summed E-state index contributed by atoms with van der Waals surface area (Å²) in [6.07, 6.45) is 0.641. The van der Waals surface area contributed by atoms with Gasteiger partial charge in [0.05, 0.1) is 17.6 Å². The molecule has 0 amide bonds. The first kappa shape index (κ1) is 15.2. The molecule has 0 aromatic heterocycles. The second-order valence-electron chi connectivity index (χ2n) is 5.47. The molecule has 2 aromatic rings. The molecule has 0 fully saturated rings. The lowest BCUT2D eigenvalue weighted by Gasteiger charge is -2.26. The van der Waals surface area contributed by atoms with E-state index in [1.54, 1.807) is 24.3 Å². The van der Waals surface area contributed by atoms with E-state index in [2.05, 4.69) is 10.8 Å². The van der Waals surface area contributed by atoms with E-state index in [0.29, 0.717) is 6.61 Å². The molecule has 1 aliphatic heterocycles. The summed E-state index contributed by atoms with van der Waals surface area (Å²) in [6, 6.07) is 14.8. The van der Waals surface area contributed by atoms with Gasteiger partial charge in [-0.1, -0.05) is 42.0 Å². The van der Waals surface area contributed by atoms with Gasteiger partial charge in [0.15, 0.2) is 0 Å². The number of ether oxygens (including phenoxy) is 1. The molecule has 1 heterocycles. The first-order valence-corrected chi connectivity index (χ1v) is 8.80. The Hall–Kier alpha value is -1.69. The number of hydrogen-bond acceptors (Lipinski definition) is 3. The van der Waals surface area contributed by atoms with Crippen LogP contribution in [-0.2, 0) is 21.2 Å². The summed E-state index contributed by atoms with van der Waals surface area (Å²) in [4.78, 5) is 0.280. The summed E-state index contributed by atoms with van der Waals surface area (Å²) in [5.41, 5.74) is 3.33. The molecule has 0 saturated carbocycles. The molecule has 0 bridgehead atoms. The van der Waals surface area contributed by atoms with Gasteiger partial charge in [-0.15, -0.1) is 0 Å². The van der Waals surface area contributed by atoms with Crippen LogP contribution in [0.15, 0.2) is 53.4 Å². The van der Waals surface area contributed by atoms with Gasteiger partial charge in [-0.3, -0.25) is 0 Å². The number of fused-ring (bicyclic) bond motifs is 1. The molecule has 1 atom stereocenters. The van der Waals surface area contributed by atoms with Crippen LogP contribution in [0.1, 0.15) is 22.8 Å². The van der Waals surface area contributed by atoms with Gasteiger partial charge in [0.2, 0.25) is 10.0 Å². The van der Waals surface area contributed by atoms with Crippen molar-refractivity contribution in [1.82, 2.24) is 4.72 Å². The highest BCUT2D eigenvalue weighted by molar-refractivity contribution is 7.89. The standard InChI is InChI=1S/C17H19NO3S/c1-13-6-8-15(9-7-13)22(19,20)18-12-17-16-5-3-2-4-14(16)10-11-21-17/h2-9,17-18H,10-12H2,1H3. The van der Waals surface area contributed by atoms with Crippen molar-refractivity contribution < 1.29 is 13.2 Å². The molecule has 0 spiro atoms. The smallest absolute Gasteiger partial charge is 0.240 e. The Kier molecular flexibility index (Phi) is 4.29. The van der Waals surface area contributed by atoms with Crippen molar-refractivity contribution in [2.24, 2.45) is 0 Å². The van der Waals surface area contributed by atoms with Crippen molar-refractivity contribution >= 4 is 10.0 Å². The van der Waals surface area contributed by atoms with Crippen LogP contribution < -0.4 is 4.72 Å². The predicted octanol–water partition coefficient (Wildman–Crippen LogP) is 2.59. The number of aryl methyl sites for hydroxylation is 1. The number of rotatable bonds is 4. The molecule has 5 heteroatoms. The molecule has 1 aliphatic rings. The number of benzene rings is 2. The van der Waals surface area contributed by atoms with Gasteiger partial charge in [0.1, 0.15) is 0 Å². The summed E-state index contributed by atoms with van der Waals surface area (Å²) >= 11 is 0. The molecule has 4 nitrogen and oxygen atoms in total. The third-order valence-corrected chi connectivity index (χ3v) is 5.32. The van der Waals surface area contributed by atoms with Crippen molar-refractivity contribution in [3.63, 3.8) is 0 Å². The fourth-order valence-electron chi connectivity index (χ4n) is 2.63. The molecule has 116 valence electrons. The van der Waals surface area contributed by atoms with Crippen LogP contribution >= 0.6 is 0 Å². The zero-order chi connectivity index (χ0) is 15.6. The fourth-order valence-corrected chi connectivity index (χ4v) is 3.66. The monoisotopic (exact) mass is 317 g/mol. The second kappa shape index (κ2) is 6.20. The van der Waals surface area contributed by atoms with Crippen LogP contribution in [0.4, 0.5) is 0 Å². The van der Waals surface area contributed by atoms with Gasteiger partial charge in [-0.25, -0.2) is 13.1 Å². The summed E-state index contributed by atoms with van der Waals surface area (Å²) in [6.45, 7) is 2.79. The zero-order valence-corrected chi connectivity index (χ0v) is 13.3. The highest BCUT2D eigenvalue weighted by Crippen LogP contribution is 2.26. The number of sulfonamides is 1. The highest BCUT2D eigenvalue weighted by Gasteiger charge is 2.23. The lowest BCUT2D eigenvalue weighted by molar-refractivity contribution is 0.0460. The molecule has 3 rings (SSSR count). The number of nitrogens with one attached hydrogen (secondary N) is 1. The number of hydrogen-bond donors (Lipinski definition) is 1. The van der Waals surface area contributed by atoms with Gasteiger partial charge in [-0.2, -0.15) is 0 Å². The minimum absolute atomic E-state index is 0.231. The Labute approximate surface area is 131 Å². The lowest BCUT2D eigenvalue weighted by atomic mass is 9.98. The molecule has 1 unspecified atom stereocenters. The van der Waals surface area contributed by atoms with Crippen LogP contribution in [0.3, 0.4) is 0 Å². The molecule has 0 radical (unpaired) electrons. The van der Waals surface area contributed by atoms with E-state index < -0.39 is 10.0 Å². The van der Waals surface area contributed by atoms with Gasteiger partial charge >= 0.3 is 0 Å². The predicted molar refractivity (Wildman–Crippen MR) is 85.2 cm³/mol. The largest absolute Gasteiger partial charge is 0.372 e. The SMILES string of the molecule is Cc1ccc(S(=O)(=O)NCC2OCCc3ccccc32)cc1. The molecular weight excluding hydrogens is 298 g/mol. The van der Waals surface area contributed by atoms with Gasteiger partial charge in [0, 0.05) is 6.54 Å². The van der Waals surface area contributed by atoms with Crippen LogP contribution in [0.5, 0.6) is 0 Å². The van der Waals surface area contributed by atoms with Crippen molar-refractivity contribution in [2.45, 2.75) is 24.3 Å². The molecular formula is C17H19NO3S. The minimum Gasteiger partial charge on any atom is -0.372 e. The Morgan fingerprint density at radius 1 is 1.14 bits per heavy atom. The van der Waals surface area contributed by atoms with Gasteiger partial charge in [0.25, 0.3) is 0 Å². The normalized spacial score (nSPS) is 18.0. The maximum atomic E-state index is 12.3. The summed E-state index contributed by atoms with van der Waals surface area (Å²) in [5, 5.41) is 0. The van der Waals surface area contributed by atoms with E-state index in [4.69, 9.17) is 4.74 Å². The summed E-state index contributed by atoms with van der Waals surface area (Å²) < 4.78 is 33.0. The van der Waals surface area contributed by atoms with E-state index in [1.807, 2.05) is 25.1 Å². The first-order chi connectivity index (χ1) is 10.6. The topological polar surface area (TPSA) is 55.4 Å². The van der Waals surface area contributed by atoms with Crippen LogP contribution in [-0.4, -0.2) is 21.6 Å². The van der Waals surface area contributed by atoms with E-state index in [1.165, 1.54) is 5.56 Å². The van der Waals surface area contributed by atoms with Crippen molar-refractivity contribution in [2.75, 3.05) is 13.2 Å². The molecule has 2 aromatic carbocycles. The van der Waals surface area contributed by atoms with Crippen LogP contribution in [0.2, 0.25) is 0 Å². The Morgan fingerprint density at radius 2 is 1.86 bits per heavy atom. The van der Waals surface area contributed by atoms with Crippen molar-refractivity contribution in [1.29, 1.82) is 0 Å². The Bertz CT molecular complexity index is 754. The van der Waals surface area contributed by atoms with E-state index in [-0.39, 0.29) is 17.5 Å². The maximum absolute atomic E-state index is 12.3. The van der Waals surface area contributed by atoms with E-state index in [9.17, 15) is 8.42 Å². The molecule has 22 heavy (non-hydrogen) atoms. The second-order valence-corrected chi connectivity index (χ2v) is 7.24. The highest BCUT2D eigenvalue weighted by atomic mass is 32.2. The molecule has 0 saturated heterocycles. The zero-order valence-electron chi connectivity index (χ0n) is 12.5. The quantitative estimate of drug-likeness (QED) is 0.943. The third-order valence-electron chi connectivity index (χ3n) is 3.88. The third kappa shape index (κ3) is 3.21. The molecule has 0 aliphatic carbocycles. The maximum Gasteiger partial charge on any atom is 0.240 e. The minimum atomic E-state index is -3.51. The van der Waals surface area contributed by atoms with Crippen LogP contribution in [0, 0.1) is 6.92 Å². The molecule has 1 N–H and O–H groups in total. The van der Waals surface area contributed by atoms with Gasteiger partial charge < -0.3 is 4.74 Å². The average molecular weight is 317 g/mol. The summed E-state index contributed by atoms with van der Waals surface area (Å²) in [7, 11) is -3.51. The lowest BCUT2D eigenvalue weighted by Crippen LogP contribution is -2.31. The fraction of sp³-hybridized carbons (Fsp3) is 0.294. The first-order valence-electron chi connectivity index (χ1n) is 7.32. The van der Waals surface area contributed by atoms with E-state index >= 15 is 0 Å². The Morgan fingerprint density at radius 3 is 2.64 bits per heavy atom.